The molecule has 7 aliphatic rings. The van der Waals surface area contributed by atoms with Gasteiger partial charge in [-0.1, -0.05) is 0 Å². The maximum absolute atomic E-state index is 5.96. The fourth-order valence-electron chi connectivity index (χ4n) is 7.64. The summed E-state index contributed by atoms with van der Waals surface area (Å²) in [5, 5.41) is 0. The fraction of sp³-hybridized carbons (Fsp3) is 1.00. The van der Waals surface area contributed by atoms with E-state index >= 15 is 0 Å². The molecule has 0 atom stereocenters. The van der Waals surface area contributed by atoms with Crippen molar-refractivity contribution in [2.24, 2.45) is 58.0 Å². The van der Waals surface area contributed by atoms with E-state index < -0.39 is 0 Å². The summed E-state index contributed by atoms with van der Waals surface area (Å²) in [5.41, 5.74) is 7.73. The van der Waals surface area contributed by atoms with E-state index in [-0.39, 0.29) is 0 Å². The van der Waals surface area contributed by atoms with E-state index in [9.17, 15) is 0 Å². The van der Waals surface area contributed by atoms with E-state index in [1.165, 1.54) is 23.7 Å². The minimum absolute atomic E-state index is 0.774. The summed E-state index contributed by atoms with van der Waals surface area (Å²) in [4.78, 5) is 0. The lowest BCUT2D eigenvalue weighted by molar-refractivity contribution is -0.660. The third kappa shape index (κ3) is 0.229. The number of nitrogens with two attached hydrogens (primary N) is 1. The summed E-state index contributed by atoms with van der Waals surface area (Å²) >= 11 is 0. The topological polar surface area (TPSA) is 26.0 Å². The Balaban J connectivity index is 1.54. The van der Waals surface area contributed by atoms with Gasteiger partial charge in [-0.2, -0.15) is 0 Å². The van der Waals surface area contributed by atoms with Crippen LogP contribution in [0.1, 0.15) is 12.8 Å². The lowest BCUT2D eigenvalue weighted by Crippen LogP contribution is -3.10. The monoisotopic (exact) mass is 173 g/mol. The molecule has 0 saturated heterocycles. The lowest BCUT2D eigenvalue weighted by Gasteiger charge is -3.12. The molecule has 0 aliphatic heterocycles. The summed E-state index contributed by atoms with van der Waals surface area (Å²) in [5.74, 6) is 8.39. The molecule has 0 aromatic rings. The van der Waals surface area contributed by atoms with Gasteiger partial charge in [-0.25, -0.2) is 0 Å². The van der Waals surface area contributed by atoms with Crippen LogP contribution in [0.2, 0.25) is 0 Å². The third-order valence-corrected chi connectivity index (χ3v) is 7.55. The Labute approximate surface area is 78.1 Å². The maximum Gasteiger partial charge on any atom is -0.00119 e. The Morgan fingerprint density at radius 1 is 0.923 bits per heavy atom. The molecule has 0 amide bonds. The second-order valence-corrected chi connectivity index (χ2v) is 6.75. The minimum atomic E-state index is 0.774. The zero-order valence-electron chi connectivity index (χ0n) is 7.74. The van der Waals surface area contributed by atoms with Gasteiger partial charge in [-0.05, 0) is 71.6 Å². The number of rotatable bonds is 2. The van der Waals surface area contributed by atoms with Gasteiger partial charge in [0.2, 0.25) is 0 Å². The first-order valence-corrected chi connectivity index (χ1v) is 6.10. The van der Waals surface area contributed by atoms with Crippen molar-refractivity contribution in [3.05, 3.63) is 0 Å². The van der Waals surface area contributed by atoms with Gasteiger partial charge in [0.15, 0.2) is 0 Å². The van der Waals surface area contributed by atoms with E-state index in [0.717, 1.165) is 35.1 Å². The molecule has 68 valence electrons. The van der Waals surface area contributed by atoms with Crippen LogP contribution in [0.4, 0.5) is 0 Å². The second kappa shape index (κ2) is 1.11. The first kappa shape index (κ1) is 5.75. The highest BCUT2D eigenvalue weighted by Gasteiger charge is 3.09. The van der Waals surface area contributed by atoms with Crippen LogP contribution < -0.4 is 5.73 Å². The molecule has 0 heterocycles. The van der Waals surface area contributed by atoms with Crippen molar-refractivity contribution in [2.45, 2.75) is 12.8 Å². The van der Waals surface area contributed by atoms with Gasteiger partial charge in [0.05, 0.1) is 0 Å². The molecule has 7 saturated carbocycles. The standard InChI is InChI=1S/C12H15N/c13-3-11-5-8-6(11)10-7(11)9(5)12(8,10)4-1-2-4/h4-10H,1-3,13H2. The average molecular weight is 173 g/mol. The Hall–Kier alpha value is -0.0400. The van der Waals surface area contributed by atoms with Crippen molar-refractivity contribution in [3.8, 4) is 0 Å². The second-order valence-electron chi connectivity index (χ2n) is 6.75. The van der Waals surface area contributed by atoms with Crippen molar-refractivity contribution in [3.63, 3.8) is 0 Å². The van der Waals surface area contributed by atoms with Gasteiger partial charge in [-0.3, -0.25) is 0 Å². The first-order chi connectivity index (χ1) is 6.40. The average Bonchev–Trinajstić information content (AvgIpc) is 3.00. The summed E-state index contributed by atoms with van der Waals surface area (Å²) in [6.07, 6.45) is 3.18. The number of hydrogen-bond donors (Lipinski definition) is 1. The molecule has 7 aliphatic carbocycles. The molecule has 0 aromatic heterocycles. The molecule has 0 aromatic carbocycles. The quantitative estimate of drug-likeness (QED) is 0.664. The predicted molar refractivity (Wildman–Crippen MR) is 47.6 cm³/mol. The smallest absolute Gasteiger partial charge is 0.00119 e. The maximum atomic E-state index is 5.96. The van der Waals surface area contributed by atoms with Gasteiger partial charge in [0.25, 0.3) is 0 Å². The largest absolute Gasteiger partial charge is 0.330 e. The van der Waals surface area contributed by atoms with Crippen LogP contribution in [0, 0.1) is 52.3 Å². The Bertz CT molecular complexity index is 314. The van der Waals surface area contributed by atoms with Crippen LogP contribution in [0.15, 0.2) is 0 Å². The van der Waals surface area contributed by atoms with Crippen molar-refractivity contribution in [2.75, 3.05) is 6.54 Å². The Morgan fingerprint density at radius 3 is 1.85 bits per heavy atom. The normalized spacial score (nSPS) is 88.4. The van der Waals surface area contributed by atoms with Crippen LogP contribution in [0.25, 0.3) is 0 Å². The summed E-state index contributed by atoms with van der Waals surface area (Å²) in [7, 11) is 0. The van der Waals surface area contributed by atoms with E-state index in [2.05, 4.69) is 0 Å². The summed E-state index contributed by atoms with van der Waals surface area (Å²) in [6, 6.07) is 0. The van der Waals surface area contributed by atoms with E-state index in [0.29, 0.717) is 0 Å². The molecule has 7 rings (SSSR count). The van der Waals surface area contributed by atoms with E-state index in [1.54, 1.807) is 12.8 Å². The molecule has 0 radical (unpaired) electrons. The van der Waals surface area contributed by atoms with Crippen LogP contribution in [0.3, 0.4) is 0 Å². The van der Waals surface area contributed by atoms with Gasteiger partial charge in [0, 0.05) is 0 Å². The molecule has 0 unspecified atom stereocenters. The van der Waals surface area contributed by atoms with Crippen LogP contribution in [-0.4, -0.2) is 6.54 Å². The molecule has 0 spiro atoms. The molecule has 7 fully saturated rings. The fourth-order valence-corrected chi connectivity index (χ4v) is 7.64. The minimum Gasteiger partial charge on any atom is -0.330 e. The van der Waals surface area contributed by atoms with Gasteiger partial charge in [-0.15, -0.1) is 0 Å². The third-order valence-electron chi connectivity index (χ3n) is 7.55. The highest BCUT2D eigenvalue weighted by Crippen LogP contribution is 3.12. The SMILES string of the molecule is NCC12C3C4C1C1C2C3C41C1CC1. The van der Waals surface area contributed by atoms with Crippen molar-refractivity contribution in [1.29, 1.82) is 0 Å². The molecular weight excluding hydrogens is 158 g/mol. The van der Waals surface area contributed by atoms with Crippen LogP contribution >= 0.6 is 0 Å². The zero-order chi connectivity index (χ0) is 8.16. The predicted octanol–water partition coefficient (Wildman–Crippen LogP) is 1.09. The van der Waals surface area contributed by atoms with E-state index in [1.807, 2.05) is 0 Å². The molecule has 2 N–H and O–H groups in total. The molecular formula is C12H15N. The van der Waals surface area contributed by atoms with Crippen molar-refractivity contribution < 1.29 is 0 Å². The highest BCUT2D eigenvalue weighted by atomic mass is 15.1. The van der Waals surface area contributed by atoms with Crippen molar-refractivity contribution in [1.82, 2.24) is 0 Å². The molecule has 1 heteroatoms. The van der Waals surface area contributed by atoms with E-state index in [4.69, 9.17) is 5.73 Å². The molecule has 13 heavy (non-hydrogen) atoms. The molecule has 1 nitrogen and oxygen atoms in total. The highest BCUT2D eigenvalue weighted by molar-refractivity contribution is 5.56. The Morgan fingerprint density at radius 2 is 1.46 bits per heavy atom. The van der Waals surface area contributed by atoms with Gasteiger partial charge in [0.1, 0.15) is 0 Å². The van der Waals surface area contributed by atoms with Crippen LogP contribution in [0.5, 0.6) is 0 Å². The van der Waals surface area contributed by atoms with Crippen LogP contribution in [-0.2, 0) is 0 Å². The summed E-state index contributed by atoms with van der Waals surface area (Å²) in [6.45, 7) is 1.04. The Kier molecular flexibility index (Phi) is 0.491. The summed E-state index contributed by atoms with van der Waals surface area (Å²) < 4.78 is 0. The first-order valence-electron chi connectivity index (χ1n) is 6.10. The molecule has 0 bridgehead atoms. The van der Waals surface area contributed by atoms with Gasteiger partial charge < -0.3 is 5.73 Å². The number of hydrogen-bond acceptors (Lipinski definition) is 1. The zero-order valence-corrected chi connectivity index (χ0v) is 7.74. The van der Waals surface area contributed by atoms with Crippen molar-refractivity contribution >= 4 is 0 Å². The lowest BCUT2D eigenvalue weighted by atomic mass is 8.92. The van der Waals surface area contributed by atoms with Gasteiger partial charge >= 0.3 is 0 Å².